The fourth-order valence-corrected chi connectivity index (χ4v) is 2.30. The molecule has 1 atom stereocenters. The molecule has 3 rings (SSSR count). The van der Waals surface area contributed by atoms with Crippen molar-refractivity contribution >= 4 is 5.69 Å². The van der Waals surface area contributed by atoms with Crippen molar-refractivity contribution in [3.05, 3.63) is 54.6 Å². The van der Waals surface area contributed by atoms with E-state index >= 15 is 0 Å². The second-order valence-electron chi connectivity index (χ2n) is 4.96. The number of para-hydroxylation sites is 1. The van der Waals surface area contributed by atoms with Crippen LogP contribution in [-0.4, -0.2) is 19.3 Å². The lowest BCUT2D eigenvalue weighted by molar-refractivity contribution is 0.120. The average Bonchev–Trinajstić information content (AvgIpc) is 3.01. The van der Waals surface area contributed by atoms with Crippen LogP contribution in [0.4, 0.5) is 5.69 Å². The van der Waals surface area contributed by atoms with Gasteiger partial charge in [0.25, 0.3) is 0 Å². The summed E-state index contributed by atoms with van der Waals surface area (Å²) in [4.78, 5) is 0. The Morgan fingerprint density at radius 3 is 2.45 bits per heavy atom. The van der Waals surface area contributed by atoms with Gasteiger partial charge in [0.2, 0.25) is 0 Å². The van der Waals surface area contributed by atoms with E-state index in [0.29, 0.717) is 6.10 Å². The molecule has 3 nitrogen and oxygen atoms in total. The summed E-state index contributed by atoms with van der Waals surface area (Å²) in [5, 5.41) is 3.40. The molecule has 1 saturated heterocycles. The molecule has 0 radical (unpaired) electrons. The van der Waals surface area contributed by atoms with Crippen molar-refractivity contribution in [1.29, 1.82) is 0 Å². The smallest absolute Gasteiger partial charge is 0.127 e. The van der Waals surface area contributed by atoms with Crippen molar-refractivity contribution in [2.45, 2.75) is 18.9 Å². The zero-order valence-electron chi connectivity index (χ0n) is 11.4. The lowest BCUT2D eigenvalue weighted by atomic mass is 10.2. The van der Waals surface area contributed by atoms with E-state index in [-0.39, 0.29) is 0 Å². The number of benzene rings is 2. The van der Waals surface area contributed by atoms with E-state index in [9.17, 15) is 0 Å². The molecule has 0 aromatic heterocycles. The molecule has 1 aliphatic rings. The molecule has 0 saturated carbocycles. The molecule has 1 fully saturated rings. The molecular formula is C17H19NO2. The molecule has 0 aliphatic carbocycles. The minimum absolute atomic E-state index is 0.357. The second-order valence-corrected chi connectivity index (χ2v) is 4.96. The van der Waals surface area contributed by atoms with Crippen molar-refractivity contribution in [2.24, 2.45) is 0 Å². The predicted octanol–water partition coefficient (Wildman–Crippen LogP) is 4.07. The summed E-state index contributed by atoms with van der Waals surface area (Å²) in [6.07, 6.45) is 2.69. The molecule has 0 amide bonds. The third-order valence-electron chi connectivity index (χ3n) is 3.39. The summed E-state index contributed by atoms with van der Waals surface area (Å²) in [5.41, 5.74) is 1.10. The van der Waals surface area contributed by atoms with Crippen LogP contribution in [0.25, 0.3) is 0 Å². The van der Waals surface area contributed by atoms with E-state index < -0.39 is 0 Å². The van der Waals surface area contributed by atoms with Crippen LogP contribution in [0.3, 0.4) is 0 Å². The molecule has 0 spiro atoms. The molecule has 104 valence electrons. The molecule has 1 N–H and O–H groups in total. The van der Waals surface area contributed by atoms with Gasteiger partial charge in [-0.05, 0) is 49.2 Å². The summed E-state index contributed by atoms with van der Waals surface area (Å²) >= 11 is 0. The highest BCUT2D eigenvalue weighted by Crippen LogP contribution is 2.23. The molecule has 2 aromatic carbocycles. The van der Waals surface area contributed by atoms with Gasteiger partial charge in [0.05, 0.1) is 6.10 Å². The first-order chi connectivity index (χ1) is 9.90. The van der Waals surface area contributed by atoms with Gasteiger partial charge in [-0.15, -0.1) is 0 Å². The molecule has 0 bridgehead atoms. The molecular weight excluding hydrogens is 250 g/mol. The Labute approximate surface area is 119 Å². The monoisotopic (exact) mass is 269 g/mol. The van der Waals surface area contributed by atoms with Crippen molar-refractivity contribution < 1.29 is 9.47 Å². The molecule has 3 heteroatoms. The van der Waals surface area contributed by atoms with Crippen LogP contribution in [0.15, 0.2) is 54.6 Å². The van der Waals surface area contributed by atoms with Crippen LogP contribution in [0.5, 0.6) is 11.5 Å². The summed E-state index contributed by atoms with van der Waals surface area (Å²) in [6, 6.07) is 17.8. The number of nitrogens with one attached hydrogen (secondary N) is 1. The van der Waals surface area contributed by atoms with Gasteiger partial charge in [-0.2, -0.15) is 0 Å². The topological polar surface area (TPSA) is 30.5 Å². The van der Waals surface area contributed by atoms with Gasteiger partial charge in [0.1, 0.15) is 11.5 Å². The fourth-order valence-electron chi connectivity index (χ4n) is 2.30. The number of ether oxygens (including phenoxy) is 2. The largest absolute Gasteiger partial charge is 0.457 e. The van der Waals surface area contributed by atoms with Crippen molar-refractivity contribution in [2.75, 3.05) is 18.5 Å². The molecule has 1 heterocycles. The van der Waals surface area contributed by atoms with Crippen LogP contribution >= 0.6 is 0 Å². The maximum Gasteiger partial charge on any atom is 0.127 e. The third kappa shape index (κ3) is 3.52. The van der Waals surface area contributed by atoms with E-state index in [1.54, 1.807) is 0 Å². The summed E-state index contributed by atoms with van der Waals surface area (Å²) in [6.45, 7) is 1.77. The van der Waals surface area contributed by atoms with Gasteiger partial charge in [0.15, 0.2) is 0 Å². The first-order valence-electron chi connectivity index (χ1n) is 7.08. The Hall–Kier alpha value is -2.00. The lowest BCUT2D eigenvalue weighted by Gasteiger charge is -2.12. The van der Waals surface area contributed by atoms with Crippen LogP contribution in [-0.2, 0) is 4.74 Å². The number of anilines is 1. The van der Waals surface area contributed by atoms with Crippen molar-refractivity contribution in [3.8, 4) is 11.5 Å². The first kappa shape index (κ1) is 13.0. The van der Waals surface area contributed by atoms with E-state index in [2.05, 4.69) is 5.32 Å². The van der Waals surface area contributed by atoms with Gasteiger partial charge in [-0.1, -0.05) is 18.2 Å². The number of rotatable bonds is 5. The molecule has 20 heavy (non-hydrogen) atoms. The predicted molar refractivity (Wildman–Crippen MR) is 80.4 cm³/mol. The normalized spacial score (nSPS) is 17.9. The summed E-state index contributed by atoms with van der Waals surface area (Å²) in [5.74, 6) is 1.70. The maximum absolute atomic E-state index is 5.76. The third-order valence-corrected chi connectivity index (χ3v) is 3.39. The van der Waals surface area contributed by atoms with E-state index in [4.69, 9.17) is 9.47 Å². The Morgan fingerprint density at radius 1 is 1.00 bits per heavy atom. The molecule has 2 aromatic rings. The molecule has 1 aliphatic heterocycles. The number of hydrogen-bond donors (Lipinski definition) is 1. The van der Waals surface area contributed by atoms with Gasteiger partial charge in [-0.3, -0.25) is 0 Å². The standard InChI is InChI=1S/C17H19NO2/c1-2-5-15(6-3-1)20-16-10-8-14(9-11-16)18-13-17-7-4-12-19-17/h1-3,5-6,8-11,17-18H,4,7,12-13H2. The Kier molecular flexibility index (Phi) is 4.19. The van der Waals surface area contributed by atoms with Crippen LogP contribution in [0, 0.1) is 0 Å². The zero-order valence-corrected chi connectivity index (χ0v) is 11.4. The van der Waals surface area contributed by atoms with Gasteiger partial charge < -0.3 is 14.8 Å². The Balaban J connectivity index is 1.54. The Morgan fingerprint density at radius 2 is 1.75 bits per heavy atom. The van der Waals surface area contributed by atoms with Gasteiger partial charge in [-0.25, -0.2) is 0 Å². The van der Waals surface area contributed by atoms with Crippen molar-refractivity contribution in [3.63, 3.8) is 0 Å². The zero-order chi connectivity index (χ0) is 13.6. The SMILES string of the molecule is c1ccc(Oc2ccc(NCC3CCCO3)cc2)cc1. The van der Waals surface area contributed by atoms with E-state index in [0.717, 1.165) is 36.8 Å². The first-order valence-corrected chi connectivity index (χ1v) is 7.08. The lowest BCUT2D eigenvalue weighted by Crippen LogP contribution is -2.18. The maximum atomic E-state index is 5.76. The van der Waals surface area contributed by atoms with E-state index in [1.807, 2.05) is 54.6 Å². The Bertz CT molecular complexity index is 518. The average molecular weight is 269 g/mol. The highest BCUT2D eigenvalue weighted by molar-refractivity contribution is 5.47. The van der Waals surface area contributed by atoms with Crippen LogP contribution in [0.1, 0.15) is 12.8 Å². The van der Waals surface area contributed by atoms with Crippen molar-refractivity contribution in [1.82, 2.24) is 0 Å². The van der Waals surface area contributed by atoms with Crippen LogP contribution < -0.4 is 10.1 Å². The quantitative estimate of drug-likeness (QED) is 0.887. The minimum Gasteiger partial charge on any atom is -0.457 e. The molecule has 1 unspecified atom stereocenters. The van der Waals surface area contributed by atoms with Crippen LogP contribution in [0.2, 0.25) is 0 Å². The van der Waals surface area contributed by atoms with Gasteiger partial charge >= 0.3 is 0 Å². The van der Waals surface area contributed by atoms with E-state index in [1.165, 1.54) is 6.42 Å². The fraction of sp³-hybridized carbons (Fsp3) is 0.294. The summed E-state index contributed by atoms with van der Waals surface area (Å²) < 4.78 is 11.3. The van der Waals surface area contributed by atoms with Gasteiger partial charge in [0, 0.05) is 18.8 Å². The highest BCUT2D eigenvalue weighted by atomic mass is 16.5. The number of hydrogen-bond acceptors (Lipinski definition) is 3. The summed E-state index contributed by atoms with van der Waals surface area (Å²) in [7, 11) is 0. The second kappa shape index (κ2) is 6.44. The minimum atomic E-state index is 0.357. The highest BCUT2D eigenvalue weighted by Gasteiger charge is 2.14.